The first kappa shape index (κ1) is 18.4. The molecule has 114 valence electrons. The maximum atomic E-state index is 11.4. The SMILES string of the molecule is CCCCCCCOOC(CC)(CCCC)C(=O)O. The lowest BCUT2D eigenvalue weighted by Gasteiger charge is -2.26. The van der Waals surface area contributed by atoms with E-state index >= 15 is 0 Å². The molecule has 0 aromatic carbocycles. The molecular formula is C15H30O4. The van der Waals surface area contributed by atoms with Crippen molar-refractivity contribution in [1.29, 1.82) is 0 Å². The molecule has 4 heteroatoms. The summed E-state index contributed by atoms with van der Waals surface area (Å²) >= 11 is 0. The Morgan fingerprint density at radius 1 is 1.00 bits per heavy atom. The van der Waals surface area contributed by atoms with Gasteiger partial charge in [0.15, 0.2) is 5.60 Å². The summed E-state index contributed by atoms with van der Waals surface area (Å²) in [5.74, 6) is -0.922. The van der Waals surface area contributed by atoms with Gasteiger partial charge in [-0.1, -0.05) is 59.3 Å². The van der Waals surface area contributed by atoms with Crippen molar-refractivity contribution in [2.45, 2.75) is 84.2 Å². The molecule has 0 aliphatic carbocycles. The zero-order valence-electron chi connectivity index (χ0n) is 12.7. The first-order valence-corrected chi connectivity index (χ1v) is 7.67. The quantitative estimate of drug-likeness (QED) is 0.308. The van der Waals surface area contributed by atoms with E-state index in [1.807, 2.05) is 13.8 Å². The molecule has 0 aliphatic rings. The van der Waals surface area contributed by atoms with E-state index in [1.54, 1.807) is 0 Å². The van der Waals surface area contributed by atoms with Gasteiger partial charge in [-0.05, 0) is 19.3 Å². The molecular weight excluding hydrogens is 244 g/mol. The monoisotopic (exact) mass is 274 g/mol. The van der Waals surface area contributed by atoms with Crippen LogP contribution in [0.1, 0.15) is 78.6 Å². The third kappa shape index (κ3) is 7.53. The normalized spacial score (nSPS) is 14.3. The molecule has 4 nitrogen and oxygen atoms in total. The number of carboxylic acids is 1. The Morgan fingerprint density at radius 3 is 2.16 bits per heavy atom. The molecule has 0 heterocycles. The second-order valence-corrected chi connectivity index (χ2v) is 5.08. The average molecular weight is 274 g/mol. The van der Waals surface area contributed by atoms with Crippen LogP contribution < -0.4 is 0 Å². The van der Waals surface area contributed by atoms with Gasteiger partial charge >= 0.3 is 5.97 Å². The highest BCUT2D eigenvalue weighted by Crippen LogP contribution is 2.24. The van der Waals surface area contributed by atoms with E-state index < -0.39 is 11.6 Å². The van der Waals surface area contributed by atoms with E-state index in [2.05, 4.69) is 6.92 Å². The van der Waals surface area contributed by atoms with E-state index in [1.165, 1.54) is 19.3 Å². The number of aliphatic carboxylic acids is 1. The van der Waals surface area contributed by atoms with Crippen molar-refractivity contribution >= 4 is 5.97 Å². The van der Waals surface area contributed by atoms with Gasteiger partial charge in [-0.15, -0.1) is 0 Å². The highest BCUT2D eigenvalue weighted by atomic mass is 17.2. The minimum Gasteiger partial charge on any atom is -0.479 e. The summed E-state index contributed by atoms with van der Waals surface area (Å²) in [6.45, 7) is 6.52. The topological polar surface area (TPSA) is 55.8 Å². The summed E-state index contributed by atoms with van der Waals surface area (Å²) < 4.78 is 0. The molecule has 1 atom stereocenters. The summed E-state index contributed by atoms with van der Waals surface area (Å²) in [6, 6.07) is 0. The first-order chi connectivity index (χ1) is 9.13. The summed E-state index contributed by atoms with van der Waals surface area (Å²) in [4.78, 5) is 21.8. The van der Waals surface area contributed by atoms with Crippen LogP contribution in [0.15, 0.2) is 0 Å². The third-order valence-corrected chi connectivity index (χ3v) is 3.44. The fourth-order valence-electron chi connectivity index (χ4n) is 1.95. The lowest BCUT2D eigenvalue weighted by molar-refractivity contribution is -0.357. The van der Waals surface area contributed by atoms with Gasteiger partial charge in [0.1, 0.15) is 0 Å². The fraction of sp³-hybridized carbons (Fsp3) is 0.933. The standard InChI is InChI=1S/C15H30O4/c1-4-7-9-10-11-13-18-19-15(6-3,14(16)17)12-8-5-2/h4-13H2,1-3H3,(H,16,17). The van der Waals surface area contributed by atoms with Crippen molar-refractivity contribution < 1.29 is 19.7 Å². The Morgan fingerprint density at radius 2 is 1.63 bits per heavy atom. The zero-order valence-corrected chi connectivity index (χ0v) is 12.7. The Bertz CT molecular complexity index is 230. The Balaban J connectivity index is 3.95. The van der Waals surface area contributed by atoms with E-state index in [9.17, 15) is 9.90 Å². The van der Waals surface area contributed by atoms with Crippen molar-refractivity contribution in [3.63, 3.8) is 0 Å². The Hall–Kier alpha value is -0.610. The van der Waals surface area contributed by atoms with Crippen LogP contribution in [-0.4, -0.2) is 23.3 Å². The molecule has 0 bridgehead atoms. The van der Waals surface area contributed by atoms with Crippen LogP contribution in [0.3, 0.4) is 0 Å². The number of hydrogen-bond donors (Lipinski definition) is 1. The molecule has 19 heavy (non-hydrogen) atoms. The summed E-state index contributed by atoms with van der Waals surface area (Å²) in [7, 11) is 0. The van der Waals surface area contributed by atoms with Gasteiger partial charge in [0, 0.05) is 0 Å². The van der Waals surface area contributed by atoms with Crippen molar-refractivity contribution in [3.8, 4) is 0 Å². The maximum Gasteiger partial charge on any atom is 0.339 e. The second kappa shape index (κ2) is 11.2. The van der Waals surface area contributed by atoms with Gasteiger partial charge in [-0.25, -0.2) is 14.6 Å². The van der Waals surface area contributed by atoms with E-state index in [-0.39, 0.29) is 0 Å². The van der Waals surface area contributed by atoms with Crippen LogP contribution in [-0.2, 0) is 14.6 Å². The lowest BCUT2D eigenvalue weighted by atomic mass is 9.94. The van der Waals surface area contributed by atoms with E-state index in [0.717, 1.165) is 25.7 Å². The molecule has 0 amide bonds. The molecule has 0 aliphatic heterocycles. The number of hydrogen-bond acceptors (Lipinski definition) is 3. The molecule has 1 unspecified atom stereocenters. The van der Waals surface area contributed by atoms with Crippen molar-refractivity contribution in [3.05, 3.63) is 0 Å². The van der Waals surface area contributed by atoms with Gasteiger partial charge in [0.25, 0.3) is 0 Å². The smallest absolute Gasteiger partial charge is 0.339 e. The summed E-state index contributed by atoms with van der Waals surface area (Å²) in [5.41, 5.74) is -1.17. The molecule has 1 N–H and O–H groups in total. The van der Waals surface area contributed by atoms with Gasteiger partial charge in [0.2, 0.25) is 0 Å². The first-order valence-electron chi connectivity index (χ1n) is 7.67. The minimum atomic E-state index is -1.17. The number of unbranched alkanes of at least 4 members (excludes halogenated alkanes) is 5. The molecule has 0 aromatic heterocycles. The molecule has 0 aromatic rings. The Kier molecular flexibility index (Phi) is 10.9. The van der Waals surface area contributed by atoms with Gasteiger partial charge in [0.05, 0.1) is 6.61 Å². The van der Waals surface area contributed by atoms with Crippen LogP contribution in [0.5, 0.6) is 0 Å². The summed E-state index contributed by atoms with van der Waals surface area (Å²) in [6.07, 6.45) is 8.41. The van der Waals surface area contributed by atoms with Crippen molar-refractivity contribution in [2.75, 3.05) is 6.61 Å². The van der Waals surface area contributed by atoms with Crippen molar-refractivity contribution in [1.82, 2.24) is 0 Å². The molecule has 0 saturated carbocycles. The molecule has 0 spiro atoms. The second-order valence-electron chi connectivity index (χ2n) is 5.08. The van der Waals surface area contributed by atoms with Crippen LogP contribution >= 0.6 is 0 Å². The van der Waals surface area contributed by atoms with Gasteiger partial charge < -0.3 is 5.11 Å². The highest BCUT2D eigenvalue weighted by Gasteiger charge is 2.38. The summed E-state index contributed by atoms with van der Waals surface area (Å²) in [5, 5.41) is 9.32. The van der Waals surface area contributed by atoms with Gasteiger partial charge in [-0.2, -0.15) is 0 Å². The zero-order chi connectivity index (χ0) is 14.6. The van der Waals surface area contributed by atoms with Crippen molar-refractivity contribution in [2.24, 2.45) is 0 Å². The largest absolute Gasteiger partial charge is 0.479 e. The van der Waals surface area contributed by atoms with Crippen LogP contribution in [0.2, 0.25) is 0 Å². The van der Waals surface area contributed by atoms with Crippen LogP contribution in [0, 0.1) is 0 Å². The number of rotatable bonds is 13. The highest BCUT2D eigenvalue weighted by molar-refractivity contribution is 5.77. The Labute approximate surface area is 117 Å². The number of carbonyl (C=O) groups is 1. The van der Waals surface area contributed by atoms with E-state index in [4.69, 9.17) is 9.78 Å². The average Bonchev–Trinajstić information content (AvgIpc) is 2.41. The number of carboxylic acid groups (broad SMARTS) is 1. The van der Waals surface area contributed by atoms with Gasteiger partial charge in [-0.3, -0.25) is 0 Å². The predicted octanol–water partition coefficient (Wildman–Crippen LogP) is 4.33. The van der Waals surface area contributed by atoms with Crippen LogP contribution in [0.25, 0.3) is 0 Å². The maximum absolute atomic E-state index is 11.4. The molecule has 0 radical (unpaired) electrons. The molecule has 0 rings (SSSR count). The minimum absolute atomic E-state index is 0.429. The van der Waals surface area contributed by atoms with E-state index in [0.29, 0.717) is 19.4 Å². The fourth-order valence-corrected chi connectivity index (χ4v) is 1.95. The lowest BCUT2D eigenvalue weighted by Crippen LogP contribution is -2.41. The third-order valence-electron chi connectivity index (χ3n) is 3.44. The molecule has 0 fully saturated rings. The predicted molar refractivity (Wildman–Crippen MR) is 76.0 cm³/mol. The molecule has 0 saturated heterocycles. The van der Waals surface area contributed by atoms with Crippen LogP contribution in [0.4, 0.5) is 0 Å².